The molecule has 0 aromatic rings. The molecule has 7 unspecified atom stereocenters. The van der Waals surface area contributed by atoms with Crippen LogP contribution in [0.15, 0.2) is 49.1 Å². The predicted octanol–water partition coefficient (Wildman–Crippen LogP) is -0.988. The standard InChI is InChI=1S/C11H18O3.C9H17NO3.C9H16O3.C9H14O3.2C7H12O3.C7H12O2.C5H7BrO3.C5H10O.C2H2.CH4.Al.Li.H3N2O.H2NO.2Na.2H2O.Pd.4H/c1-5-7-10(4)14-8-9(3)11(12)13-6-2;1-7-4-5-8(6-13-7)9(11)10(2)12-3;2*1-3-11-9(10)8-5-4-7(2)12-6-8;2*1-5-2-3-6(4-10-5)7(8)9;1-6-2-3-7(4-8)5-9-6;1-2-9-5(8)4(7)3-6;1-3-4-5(2)6;1-2;;;;1-2-3;1-2;;;;;;;;;/h5,10H,1,3,6-8H2,2,4H3;7-8H,4-6H2,1-3H3;7-8H,3-6H2,1-2H3;5,7H,3-4,6H2,1-2H3;2*5-6H,2-4H2,1H3,(H,8,9);4,6-7H,2-3,5H2,1H3;2-3H2,1H3;3,5-6H,1,4H2,2H3;1-2H;1H4;;;3H,1H2;1-2H;;;2*1H2;;;;;/q;;;;;;;;;;;;+1;2*-1;2*+1;;;;;;;-1/t;7-,8-;;;5-,6-;;6-,7+;;;;;;;;;;;;;;;;;/m.1..1.1................./s1. The molecule has 12 N–H and O–H groups in total. The number of carboxylic acids is 2. The van der Waals surface area contributed by atoms with Gasteiger partial charge >= 0.3 is 114 Å². The summed E-state index contributed by atoms with van der Waals surface area (Å²) in [5.74, 6) is 4.85. The third kappa shape index (κ3) is 82.3. The fourth-order valence-electron chi connectivity index (χ4n) is 8.30. The molecule has 32 nitrogen and oxygen atoms in total. The number of hydroxylamine groups is 2. The molecule has 0 aromatic heterocycles. The van der Waals surface area contributed by atoms with Gasteiger partial charge in [0.15, 0.2) is 17.4 Å². The molecule has 110 heavy (non-hydrogen) atoms. The van der Waals surface area contributed by atoms with E-state index >= 15 is 0 Å². The van der Waals surface area contributed by atoms with Crippen molar-refractivity contribution in [3.63, 3.8) is 0 Å². The Labute approximate surface area is 746 Å². The smallest absolute Gasteiger partial charge is 1.00 e. The van der Waals surface area contributed by atoms with Crippen LogP contribution >= 0.6 is 15.9 Å². The van der Waals surface area contributed by atoms with Gasteiger partial charge in [-0.3, -0.25) is 28.8 Å². The Morgan fingerprint density at radius 1 is 0.664 bits per heavy atom. The molecular formula is C72H137AlBrLiN4Na2O28Pd. The first kappa shape index (κ1) is 140. The molecule has 6 aliphatic rings. The maximum Gasteiger partial charge on any atom is 1.00 e. The number of ketones is 1. The molecule has 5 fully saturated rings. The van der Waals surface area contributed by atoms with Crippen LogP contribution in [-0.2, 0) is 121 Å². The number of aldehydes is 1. The van der Waals surface area contributed by atoms with Crippen LogP contribution in [0, 0.1) is 42.4 Å². The number of aliphatic carboxylic acids is 2. The van der Waals surface area contributed by atoms with Gasteiger partial charge in [0.05, 0.1) is 169 Å². The molecule has 6 aliphatic heterocycles. The normalized spacial score (nSPS) is 21.4. The van der Waals surface area contributed by atoms with Gasteiger partial charge in [-0.1, -0.05) is 48.2 Å². The SMILES string of the molecule is C.C#C.C=CCC(C)O.C=CCC(C)OCC(=C)C(=O)OCC.CC1CCC(C(=O)O)CO1.CCOC(=O)C(=O)CBr.CCOC(=O)C1=CCC(C)OC1.CCOC(=O)C1CCC(C)OC1.CON(C)C(=O)[C@@H]1CC[C@@H](C)OC1.C[C@@H]1CC[C@@H](C(=O)O)CO1.C[C@@H]1CC[C@@H](C=O)CO1.N[N-]O.O.O.[AlH3].[H-].[Li+].[NH-]O.[Na+].[Na+].[Pd]. The van der Waals surface area contributed by atoms with Gasteiger partial charge in [-0.25, -0.2) is 19.4 Å². The van der Waals surface area contributed by atoms with Crippen molar-refractivity contribution in [2.45, 2.75) is 223 Å². The molecule has 38 heteroatoms. The van der Waals surface area contributed by atoms with Crippen molar-refractivity contribution >= 4 is 87.1 Å². The van der Waals surface area contributed by atoms with Gasteiger partial charge in [0.25, 0.3) is 5.91 Å². The molecule has 5 saturated heterocycles. The number of carbonyl (C=O) groups is 9. The van der Waals surface area contributed by atoms with E-state index in [0.29, 0.717) is 89.2 Å². The van der Waals surface area contributed by atoms with Crippen LogP contribution in [0.25, 0.3) is 11.5 Å². The number of aliphatic hydroxyl groups excluding tert-OH is 1. The van der Waals surface area contributed by atoms with Crippen molar-refractivity contribution in [1.29, 1.82) is 0 Å². The number of amides is 1. The zero-order valence-corrected chi connectivity index (χ0v) is 74.4. The van der Waals surface area contributed by atoms with E-state index in [1.165, 1.54) is 12.2 Å². The third-order valence-corrected chi connectivity index (χ3v) is 15.0. The summed E-state index contributed by atoms with van der Waals surface area (Å²) >= 11 is 2.83. The first-order valence-electron chi connectivity index (χ1n) is 34.0. The van der Waals surface area contributed by atoms with Gasteiger partial charge in [-0.05, 0) is 167 Å². The molecule has 1 amide bonds. The number of nitrogens with two attached hydrogens (primary N) is 1. The van der Waals surface area contributed by atoms with E-state index in [1.807, 2.05) is 67.1 Å². The Morgan fingerprint density at radius 3 is 1.31 bits per heavy atom. The van der Waals surface area contributed by atoms with Gasteiger partial charge in [0.2, 0.25) is 5.78 Å². The summed E-state index contributed by atoms with van der Waals surface area (Å²) in [6.07, 6.45) is 27.1. The molecule has 6 heterocycles. The molecule has 0 aliphatic carbocycles. The Balaban J connectivity index is -0.0000000708. The second-order valence-electron chi connectivity index (χ2n) is 23.3. The average Bonchev–Trinajstić information content (AvgIpc) is 0.868. The number of rotatable bonds is 21. The Hall–Kier alpha value is -2.22. The molecule has 0 saturated carbocycles. The summed E-state index contributed by atoms with van der Waals surface area (Å²) in [7, 11) is 3.12. The monoisotopic (exact) mass is 1770 g/mol. The zero-order chi connectivity index (χ0) is 79.6. The van der Waals surface area contributed by atoms with Crippen molar-refractivity contribution in [2.75, 3.05) is 92.2 Å². The number of nitrogens with zero attached hydrogens (tertiary/aromatic N) is 2. The quantitative estimate of drug-likeness (QED) is 0.00687. The van der Waals surface area contributed by atoms with Crippen molar-refractivity contribution in [3.05, 3.63) is 60.6 Å². The topological polar surface area (TPSA) is 496 Å². The largest absolute Gasteiger partial charge is 1.00 e. The number of alkyl halides is 1. The number of ether oxygens (including phenoxy) is 11. The van der Waals surface area contributed by atoms with E-state index in [-0.39, 0.29) is 238 Å². The number of hydrogen-bond acceptors (Lipinski definition) is 25. The summed E-state index contributed by atoms with van der Waals surface area (Å²) in [5.41, 5.74) is 3.00. The number of hydrogen-bond donors (Lipinski definition) is 6. The number of carbonyl (C=O) groups excluding carboxylic acids is 7. The van der Waals surface area contributed by atoms with E-state index in [4.69, 9.17) is 83.8 Å². The van der Waals surface area contributed by atoms with E-state index in [0.717, 1.165) is 83.3 Å². The van der Waals surface area contributed by atoms with Crippen molar-refractivity contribution in [1.82, 2.24) is 5.06 Å². The molecule has 636 valence electrons. The van der Waals surface area contributed by atoms with Crippen molar-refractivity contribution in [2.24, 2.45) is 35.4 Å². The summed E-state index contributed by atoms with van der Waals surface area (Å²) in [4.78, 5) is 102. The maximum absolute atomic E-state index is 11.6. The second kappa shape index (κ2) is 95.6. The van der Waals surface area contributed by atoms with Crippen molar-refractivity contribution in [3.8, 4) is 12.8 Å². The van der Waals surface area contributed by atoms with Gasteiger partial charge in [-0.15, -0.1) is 26.0 Å². The Morgan fingerprint density at radius 2 is 1.03 bits per heavy atom. The molecular weight excluding hydrogens is 1640 g/mol. The minimum atomic E-state index is -0.769. The van der Waals surface area contributed by atoms with Crippen LogP contribution < -0.4 is 83.8 Å². The number of Topliss-reactive ketones (excluding diaryl/α,β-unsaturated/α-hetero) is 1. The van der Waals surface area contributed by atoms with Crippen LogP contribution in [0.2, 0.25) is 0 Å². The van der Waals surface area contributed by atoms with Gasteiger partial charge in [0.1, 0.15) is 6.29 Å². The zero-order valence-electron chi connectivity index (χ0n) is 68.2. The Bertz CT molecular complexity index is 2280. The fraction of sp³-hybridized carbons (Fsp3) is 0.736. The number of halogens is 1. The third-order valence-electron chi connectivity index (χ3n) is 14.5. The first-order valence-corrected chi connectivity index (χ1v) is 35.2. The van der Waals surface area contributed by atoms with Gasteiger partial charge in [-0.2, -0.15) is 0 Å². The predicted molar refractivity (Wildman–Crippen MR) is 411 cm³/mol. The van der Waals surface area contributed by atoms with Crippen LogP contribution in [0.5, 0.6) is 0 Å². The van der Waals surface area contributed by atoms with E-state index in [9.17, 15) is 43.2 Å². The van der Waals surface area contributed by atoms with Crippen LogP contribution in [0.1, 0.15) is 175 Å². The number of aliphatic hydroxyl groups is 1. The summed E-state index contributed by atoms with van der Waals surface area (Å²) in [6, 6.07) is 0. The number of esters is 4. The van der Waals surface area contributed by atoms with E-state index in [2.05, 4.69) is 59.1 Å². The average molecular weight is 1770 g/mol. The Kier molecular flexibility index (Phi) is 121. The number of terminal acetylenes is 1. The summed E-state index contributed by atoms with van der Waals surface area (Å²) < 4.78 is 55.8. The molecule has 13 atom stereocenters. The fourth-order valence-corrected chi connectivity index (χ4v) is 8.53. The molecule has 0 bridgehead atoms. The minimum Gasteiger partial charge on any atom is -1.00 e. The van der Waals surface area contributed by atoms with Gasteiger partial charge < -0.3 is 112 Å². The van der Waals surface area contributed by atoms with Crippen LogP contribution in [-0.4, -0.2) is 254 Å². The maximum atomic E-state index is 11.6. The first-order chi connectivity index (χ1) is 48.4. The summed E-state index contributed by atoms with van der Waals surface area (Å²) in [5, 5.41) is 40.1. The van der Waals surface area contributed by atoms with Gasteiger partial charge in [0, 0.05) is 33.4 Å². The van der Waals surface area contributed by atoms with E-state index in [1.54, 1.807) is 46.9 Å². The van der Waals surface area contributed by atoms with Crippen LogP contribution in [0.3, 0.4) is 0 Å². The number of carboxylic acid groups (broad SMARTS) is 2. The minimum absolute atomic E-state index is 0. The number of nitrogens with one attached hydrogen (secondary N) is 1. The molecule has 6 rings (SSSR count). The van der Waals surface area contributed by atoms with Crippen LogP contribution in [0.4, 0.5) is 0 Å². The molecule has 0 aromatic carbocycles. The molecule has 0 radical (unpaired) electrons. The van der Waals surface area contributed by atoms with Crippen molar-refractivity contribution < 1.29 is 237 Å². The van der Waals surface area contributed by atoms with E-state index < -0.39 is 29.7 Å². The summed E-state index contributed by atoms with van der Waals surface area (Å²) in [6.45, 7) is 37.9. The second-order valence-corrected chi connectivity index (χ2v) is 23.8. The molecule has 0 spiro atoms.